The molecule has 0 bridgehead atoms. The summed E-state index contributed by atoms with van der Waals surface area (Å²) >= 11 is 9.05. The van der Waals surface area contributed by atoms with Gasteiger partial charge in [0.25, 0.3) is 5.91 Å². The monoisotopic (exact) mass is 390 g/mol. The van der Waals surface area contributed by atoms with Crippen LogP contribution in [0.3, 0.4) is 0 Å². The van der Waals surface area contributed by atoms with Crippen molar-refractivity contribution in [3.8, 4) is 0 Å². The third-order valence-electron chi connectivity index (χ3n) is 4.40. The predicted octanol–water partition coefficient (Wildman–Crippen LogP) is 4.30. The van der Waals surface area contributed by atoms with Gasteiger partial charge in [0, 0.05) is 10.6 Å². The van der Waals surface area contributed by atoms with Gasteiger partial charge < -0.3 is 4.90 Å². The third kappa shape index (κ3) is 2.84. The van der Waals surface area contributed by atoms with Gasteiger partial charge in [0.05, 0.1) is 5.69 Å². The molecule has 0 N–H and O–H groups in total. The number of halogens is 1. The van der Waals surface area contributed by atoms with E-state index >= 15 is 0 Å². The number of nitrogens with zero attached hydrogens (tertiary/aromatic N) is 2. The Hall–Kier alpha value is -1.57. The van der Waals surface area contributed by atoms with Crippen LogP contribution in [0.5, 0.6) is 0 Å². The van der Waals surface area contributed by atoms with Crippen LogP contribution in [-0.2, 0) is 4.79 Å². The molecule has 2 aliphatic heterocycles. The maximum absolute atomic E-state index is 13.2. The molecule has 2 atom stereocenters. The molecule has 0 radical (unpaired) electrons. The van der Waals surface area contributed by atoms with Gasteiger partial charge in [-0.3, -0.25) is 9.69 Å². The summed E-state index contributed by atoms with van der Waals surface area (Å²) in [6.07, 6.45) is 2.05. The summed E-state index contributed by atoms with van der Waals surface area (Å²) in [6.45, 7) is 0. The lowest BCUT2D eigenvalue weighted by molar-refractivity contribution is -0.119. The summed E-state index contributed by atoms with van der Waals surface area (Å²) in [5, 5.41) is 0.522. The second-order valence-corrected chi connectivity index (χ2v) is 8.17. The molecule has 3 nitrogen and oxygen atoms in total. The Morgan fingerprint density at radius 3 is 2.48 bits per heavy atom. The highest BCUT2D eigenvalue weighted by Gasteiger charge is 2.50. The van der Waals surface area contributed by atoms with Gasteiger partial charge in [-0.05, 0) is 60.4 Å². The molecule has 0 aliphatic carbocycles. The van der Waals surface area contributed by atoms with E-state index in [0.717, 1.165) is 5.56 Å². The van der Waals surface area contributed by atoms with E-state index in [4.69, 9.17) is 12.2 Å². The highest BCUT2D eigenvalue weighted by molar-refractivity contribution is 8.00. The summed E-state index contributed by atoms with van der Waals surface area (Å²) in [6, 6.07) is 14.0. The Labute approximate surface area is 159 Å². The van der Waals surface area contributed by atoms with Crippen molar-refractivity contribution in [3.05, 3.63) is 59.9 Å². The number of carbonyl (C=O) groups is 1. The number of hydrogen-bond acceptors (Lipinski definition) is 4. The normalized spacial score (nSPS) is 22.6. The molecule has 25 heavy (non-hydrogen) atoms. The summed E-state index contributed by atoms with van der Waals surface area (Å²) in [5.41, 5.74) is 1.76. The molecular weight excluding hydrogens is 375 g/mol. The maximum Gasteiger partial charge on any atom is 0.257 e. The van der Waals surface area contributed by atoms with Crippen molar-refractivity contribution in [3.63, 3.8) is 0 Å². The van der Waals surface area contributed by atoms with E-state index in [9.17, 15) is 9.18 Å². The van der Waals surface area contributed by atoms with Gasteiger partial charge in [-0.15, -0.1) is 23.5 Å². The number of anilines is 1. The van der Waals surface area contributed by atoms with Gasteiger partial charge in [-0.2, -0.15) is 0 Å². The van der Waals surface area contributed by atoms with Gasteiger partial charge >= 0.3 is 0 Å². The largest absolute Gasteiger partial charge is 0.319 e. The zero-order valence-corrected chi connectivity index (χ0v) is 15.8. The van der Waals surface area contributed by atoms with Crippen molar-refractivity contribution in [2.45, 2.75) is 16.3 Å². The molecule has 1 unspecified atom stereocenters. The Bertz CT molecular complexity index is 825. The molecular formula is C18H15FN2OS3. The molecule has 2 fully saturated rings. The second kappa shape index (κ2) is 6.63. The van der Waals surface area contributed by atoms with Crippen LogP contribution in [0.4, 0.5) is 10.1 Å². The molecule has 2 heterocycles. The van der Waals surface area contributed by atoms with Gasteiger partial charge in [0.2, 0.25) is 0 Å². The average Bonchev–Trinajstić information content (AvgIpc) is 3.17. The zero-order valence-electron chi connectivity index (χ0n) is 13.4. The number of benzene rings is 2. The van der Waals surface area contributed by atoms with Gasteiger partial charge in [-0.25, -0.2) is 4.39 Å². The number of amides is 1. The molecule has 2 aromatic rings. The Morgan fingerprint density at radius 1 is 1.16 bits per heavy atom. The molecule has 1 amide bonds. The summed E-state index contributed by atoms with van der Waals surface area (Å²) in [7, 11) is 0. The fourth-order valence-electron chi connectivity index (χ4n) is 3.14. The van der Waals surface area contributed by atoms with Crippen molar-refractivity contribution >= 4 is 52.4 Å². The van der Waals surface area contributed by atoms with Crippen molar-refractivity contribution in [2.24, 2.45) is 0 Å². The summed E-state index contributed by atoms with van der Waals surface area (Å²) in [5.74, 6) is 0.336. The van der Waals surface area contributed by atoms with E-state index in [0.29, 0.717) is 16.6 Å². The van der Waals surface area contributed by atoms with E-state index in [1.54, 1.807) is 35.7 Å². The van der Waals surface area contributed by atoms with E-state index in [-0.39, 0.29) is 23.1 Å². The topological polar surface area (TPSA) is 23.6 Å². The van der Waals surface area contributed by atoms with Crippen LogP contribution in [-0.4, -0.2) is 34.0 Å². The number of hydrogen-bond donors (Lipinski definition) is 0. The second-order valence-electron chi connectivity index (χ2n) is 5.81. The minimum Gasteiger partial charge on any atom is -0.319 e. The highest BCUT2D eigenvalue weighted by Crippen LogP contribution is 2.46. The lowest BCUT2D eigenvalue weighted by atomic mass is 10.2. The van der Waals surface area contributed by atoms with Crippen LogP contribution >= 0.6 is 35.7 Å². The molecule has 0 saturated carbocycles. The lowest BCUT2D eigenvalue weighted by Gasteiger charge is -2.25. The molecule has 2 aliphatic rings. The van der Waals surface area contributed by atoms with E-state index in [1.807, 2.05) is 11.2 Å². The van der Waals surface area contributed by atoms with Crippen LogP contribution in [0, 0.1) is 5.82 Å². The van der Waals surface area contributed by atoms with E-state index < -0.39 is 0 Å². The number of thioether (sulfide) groups is 2. The highest BCUT2D eigenvalue weighted by atomic mass is 32.2. The van der Waals surface area contributed by atoms with Crippen LogP contribution < -0.4 is 4.90 Å². The SMILES string of the molecule is CSc1ccc(C2SC[C@@H]3C(=O)N(c4ccc(F)cc4)C(=S)N23)cc1. The first-order valence-corrected chi connectivity index (χ1v) is 10.5. The van der Waals surface area contributed by atoms with E-state index in [1.165, 1.54) is 21.9 Å². The molecule has 0 aromatic heterocycles. The predicted molar refractivity (Wildman–Crippen MR) is 106 cm³/mol. The minimum atomic E-state index is -0.330. The number of carbonyl (C=O) groups excluding carboxylic acids is 1. The Balaban J connectivity index is 1.65. The van der Waals surface area contributed by atoms with Crippen LogP contribution in [0.25, 0.3) is 0 Å². The smallest absolute Gasteiger partial charge is 0.257 e. The fourth-order valence-corrected chi connectivity index (χ4v) is 5.47. The summed E-state index contributed by atoms with van der Waals surface area (Å²) in [4.78, 5) is 17.6. The lowest BCUT2D eigenvalue weighted by Crippen LogP contribution is -2.33. The standard InChI is InChI=1S/C18H15FN2OS3/c1-24-14-8-2-11(3-9-14)17-21-15(10-25-17)16(22)20(18(21)23)13-6-4-12(19)5-7-13/h2-9,15,17H,10H2,1H3/t15-,17?/m1/s1. The van der Waals surface area contributed by atoms with Crippen molar-refractivity contribution in [1.82, 2.24) is 4.90 Å². The van der Waals surface area contributed by atoms with E-state index in [2.05, 4.69) is 24.3 Å². The van der Waals surface area contributed by atoms with Gasteiger partial charge in [0.1, 0.15) is 17.2 Å². The van der Waals surface area contributed by atoms with Crippen molar-refractivity contribution in [2.75, 3.05) is 16.9 Å². The summed E-state index contributed by atoms with van der Waals surface area (Å²) < 4.78 is 13.2. The van der Waals surface area contributed by atoms with Crippen LogP contribution in [0.1, 0.15) is 10.9 Å². The molecule has 2 aromatic carbocycles. The molecule has 7 heteroatoms. The van der Waals surface area contributed by atoms with Gasteiger partial charge in [0.15, 0.2) is 5.11 Å². The molecule has 4 rings (SSSR count). The number of thiocarbonyl (C=S) groups is 1. The third-order valence-corrected chi connectivity index (χ3v) is 6.86. The Kier molecular flexibility index (Phi) is 4.47. The van der Waals surface area contributed by atoms with Crippen molar-refractivity contribution in [1.29, 1.82) is 0 Å². The molecule has 128 valence electrons. The quantitative estimate of drug-likeness (QED) is 0.575. The van der Waals surface area contributed by atoms with Crippen LogP contribution in [0.2, 0.25) is 0 Å². The average molecular weight is 391 g/mol. The maximum atomic E-state index is 13.2. The molecule has 0 spiro atoms. The first kappa shape index (κ1) is 16.9. The fraction of sp³-hybridized carbons (Fsp3) is 0.222. The molecule has 2 saturated heterocycles. The van der Waals surface area contributed by atoms with Gasteiger partial charge in [-0.1, -0.05) is 12.1 Å². The van der Waals surface area contributed by atoms with Crippen LogP contribution in [0.15, 0.2) is 53.4 Å². The Morgan fingerprint density at radius 2 is 1.84 bits per heavy atom. The first-order chi connectivity index (χ1) is 12.1. The number of fused-ring (bicyclic) bond motifs is 1. The van der Waals surface area contributed by atoms with Crippen molar-refractivity contribution < 1.29 is 9.18 Å². The minimum absolute atomic E-state index is 0.0304. The first-order valence-electron chi connectivity index (χ1n) is 7.77. The number of rotatable bonds is 3. The zero-order chi connectivity index (χ0) is 17.6.